The highest BCUT2D eigenvalue weighted by molar-refractivity contribution is 5.29. The van der Waals surface area contributed by atoms with Gasteiger partial charge >= 0.3 is 0 Å². The molecular formula is C16H25FN2O. The number of methoxy groups -OCH3 is 1. The maximum Gasteiger partial charge on any atom is 0.131 e. The summed E-state index contributed by atoms with van der Waals surface area (Å²) in [4.78, 5) is 2.34. The van der Waals surface area contributed by atoms with Gasteiger partial charge in [0, 0.05) is 30.3 Å². The summed E-state index contributed by atoms with van der Waals surface area (Å²) < 4.78 is 19.2. The zero-order chi connectivity index (χ0) is 14.6. The minimum atomic E-state index is -0.201. The second-order valence-electron chi connectivity index (χ2n) is 5.61. The van der Waals surface area contributed by atoms with Crippen LogP contribution in [0.4, 0.5) is 4.39 Å². The Morgan fingerprint density at radius 2 is 2.05 bits per heavy atom. The van der Waals surface area contributed by atoms with Crippen LogP contribution in [-0.2, 0) is 6.54 Å². The number of likely N-dealkylation sites (N-methyl/N-ethyl adjacent to an activating group) is 1. The van der Waals surface area contributed by atoms with Gasteiger partial charge in [0.15, 0.2) is 0 Å². The van der Waals surface area contributed by atoms with Gasteiger partial charge in [0.05, 0.1) is 7.11 Å². The summed E-state index contributed by atoms with van der Waals surface area (Å²) >= 11 is 0. The van der Waals surface area contributed by atoms with Crippen LogP contribution in [0.2, 0.25) is 0 Å². The third-order valence-electron chi connectivity index (χ3n) is 4.59. The van der Waals surface area contributed by atoms with E-state index in [0.29, 0.717) is 24.4 Å². The zero-order valence-corrected chi connectivity index (χ0v) is 12.5. The summed E-state index contributed by atoms with van der Waals surface area (Å²) in [5.74, 6) is 0.358. The molecule has 1 aromatic rings. The molecule has 1 aliphatic rings. The fraction of sp³-hybridized carbons (Fsp3) is 0.625. The molecule has 1 aromatic carbocycles. The van der Waals surface area contributed by atoms with Crippen molar-refractivity contribution in [3.8, 4) is 5.75 Å². The first kappa shape index (κ1) is 15.3. The lowest BCUT2D eigenvalue weighted by atomic mass is 9.94. The quantitative estimate of drug-likeness (QED) is 0.870. The van der Waals surface area contributed by atoms with Crippen LogP contribution in [0.25, 0.3) is 0 Å². The van der Waals surface area contributed by atoms with E-state index in [9.17, 15) is 4.39 Å². The molecule has 0 radical (unpaired) electrons. The van der Waals surface area contributed by atoms with Crippen molar-refractivity contribution in [1.29, 1.82) is 0 Å². The standard InChI is InChI=1S/C16H25FN2O/c1-3-19(16(12-18)8-4-5-9-16)11-13-6-7-14(20-2)10-15(13)17/h6-7,10H,3-5,8-9,11-12,18H2,1-2H3. The van der Waals surface area contributed by atoms with Crippen molar-refractivity contribution in [1.82, 2.24) is 4.90 Å². The van der Waals surface area contributed by atoms with Crippen molar-refractivity contribution in [2.75, 3.05) is 20.2 Å². The summed E-state index contributed by atoms with van der Waals surface area (Å²) in [7, 11) is 1.55. The summed E-state index contributed by atoms with van der Waals surface area (Å²) in [6.45, 7) is 4.28. The van der Waals surface area contributed by atoms with Crippen molar-refractivity contribution in [2.45, 2.75) is 44.7 Å². The van der Waals surface area contributed by atoms with E-state index in [-0.39, 0.29) is 11.4 Å². The van der Waals surface area contributed by atoms with Gasteiger partial charge in [-0.3, -0.25) is 4.90 Å². The van der Waals surface area contributed by atoms with Gasteiger partial charge in [0.25, 0.3) is 0 Å². The second kappa shape index (κ2) is 6.55. The maximum atomic E-state index is 14.1. The average Bonchev–Trinajstić information content (AvgIpc) is 2.96. The Bertz CT molecular complexity index is 444. The number of nitrogens with two attached hydrogens (primary N) is 1. The third-order valence-corrected chi connectivity index (χ3v) is 4.59. The van der Waals surface area contributed by atoms with Crippen LogP contribution in [0, 0.1) is 5.82 Å². The lowest BCUT2D eigenvalue weighted by Gasteiger charge is -2.40. The lowest BCUT2D eigenvalue weighted by molar-refractivity contribution is 0.0958. The average molecular weight is 280 g/mol. The monoisotopic (exact) mass is 280 g/mol. The van der Waals surface area contributed by atoms with Gasteiger partial charge in [-0.15, -0.1) is 0 Å². The smallest absolute Gasteiger partial charge is 0.131 e. The number of rotatable bonds is 6. The van der Waals surface area contributed by atoms with Crippen LogP contribution in [0.5, 0.6) is 5.75 Å². The first-order valence-corrected chi connectivity index (χ1v) is 7.43. The number of hydrogen-bond acceptors (Lipinski definition) is 3. The van der Waals surface area contributed by atoms with E-state index in [1.54, 1.807) is 7.11 Å². The molecule has 0 atom stereocenters. The minimum absolute atomic E-state index is 0.0567. The number of hydrogen-bond donors (Lipinski definition) is 1. The molecule has 0 bridgehead atoms. The van der Waals surface area contributed by atoms with Gasteiger partial charge in [0.1, 0.15) is 11.6 Å². The fourth-order valence-electron chi connectivity index (χ4n) is 3.29. The van der Waals surface area contributed by atoms with E-state index < -0.39 is 0 Å². The second-order valence-corrected chi connectivity index (χ2v) is 5.61. The molecule has 0 saturated heterocycles. The molecule has 20 heavy (non-hydrogen) atoms. The molecule has 112 valence electrons. The van der Waals surface area contributed by atoms with E-state index in [1.807, 2.05) is 12.1 Å². The summed E-state index contributed by atoms with van der Waals surface area (Å²) in [6.07, 6.45) is 4.68. The Balaban J connectivity index is 2.17. The Kier molecular flexibility index (Phi) is 5.00. The molecule has 0 spiro atoms. The van der Waals surface area contributed by atoms with Gasteiger partial charge in [0.2, 0.25) is 0 Å². The topological polar surface area (TPSA) is 38.5 Å². The van der Waals surface area contributed by atoms with Gasteiger partial charge in [-0.2, -0.15) is 0 Å². The van der Waals surface area contributed by atoms with Crippen molar-refractivity contribution < 1.29 is 9.13 Å². The van der Waals surface area contributed by atoms with Crippen LogP contribution in [0.15, 0.2) is 18.2 Å². The third kappa shape index (κ3) is 2.96. The molecule has 0 amide bonds. The Labute approximate surface area is 120 Å². The summed E-state index contributed by atoms with van der Waals surface area (Å²) in [5, 5.41) is 0. The molecular weight excluding hydrogens is 255 g/mol. The molecule has 1 fully saturated rings. The van der Waals surface area contributed by atoms with E-state index >= 15 is 0 Å². The molecule has 3 nitrogen and oxygen atoms in total. The zero-order valence-electron chi connectivity index (χ0n) is 12.5. The number of benzene rings is 1. The first-order chi connectivity index (χ1) is 9.65. The highest BCUT2D eigenvalue weighted by atomic mass is 19.1. The summed E-state index contributed by atoms with van der Waals surface area (Å²) in [5.41, 5.74) is 6.80. The number of nitrogens with zero attached hydrogens (tertiary/aromatic N) is 1. The summed E-state index contributed by atoms with van der Waals surface area (Å²) in [6, 6.07) is 5.08. The molecule has 0 aliphatic heterocycles. The highest BCUT2D eigenvalue weighted by Crippen LogP contribution is 2.35. The molecule has 4 heteroatoms. The number of halogens is 1. The van der Waals surface area contributed by atoms with Crippen LogP contribution >= 0.6 is 0 Å². The van der Waals surface area contributed by atoms with Crippen molar-refractivity contribution in [3.63, 3.8) is 0 Å². The predicted octanol–water partition coefficient (Wildman–Crippen LogP) is 2.93. The van der Waals surface area contributed by atoms with Crippen LogP contribution in [0.3, 0.4) is 0 Å². The van der Waals surface area contributed by atoms with Gasteiger partial charge < -0.3 is 10.5 Å². The van der Waals surface area contributed by atoms with Crippen molar-refractivity contribution in [2.24, 2.45) is 5.73 Å². The van der Waals surface area contributed by atoms with Crippen molar-refractivity contribution >= 4 is 0 Å². The maximum absolute atomic E-state index is 14.1. The Morgan fingerprint density at radius 1 is 1.35 bits per heavy atom. The van der Waals surface area contributed by atoms with Crippen LogP contribution < -0.4 is 10.5 Å². The SMILES string of the molecule is CCN(Cc1ccc(OC)cc1F)C1(CN)CCCC1. The van der Waals surface area contributed by atoms with Crippen LogP contribution in [-0.4, -0.2) is 30.6 Å². The molecule has 0 aromatic heterocycles. The van der Waals surface area contributed by atoms with Crippen molar-refractivity contribution in [3.05, 3.63) is 29.6 Å². The molecule has 2 rings (SSSR count). The largest absolute Gasteiger partial charge is 0.497 e. The molecule has 0 heterocycles. The number of ether oxygens (including phenoxy) is 1. The van der Waals surface area contributed by atoms with Crippen LogP contribution in [0.1, 0.15) is 38.2 Å². The molecule has 1 aliphatic carbocycles. The molecule has 0 unspecified atom stereocenters. The normalized spacial score (nSPS) is 17.6. The lowest BCUT2D eigenvalue weighted by Crippen LogP contribution is -2.51. The van der Waals surface area contributed by atoms with E-state index in [0.717, 1.165) is 19.4 Å². The Morgan fingerprint density at radius 3 is 2.55 bits per heavy atom. The predicted molar refractivity (Wildman–Crippen MR) is 79.3 cm³/mol. The van der Waals surface area contributed by atoms with Gasteiger partial charge in [-0.05, 0) is 25.5 Å². The van der Waals surface area contributed by atoms with Gasteiger partial charge in [-0.25, -0.2) is 4.39 Å². The highest BCUT2D eigenvalue weighted by Gasteiger charge is 2.37. The first-order valence-electron chi connectivity index (χ1n) is 7.43. The van der Waals surface area contributed by atoms with E-state index in [1.165, 1.54) is 18.9 Å². The van der Waals surface area contributed by atoms with E-state index in [2.05, 4.69) is 11.8 Å². The minimum Gasteiger partial charge on any atom is -0.497 e. The molecule has 1 saturated carbocycles. The van der Waals surface area contributed by atoms with Gasteiger partial charge in [-0.1, -0.05) is 25.8 Å². The molecule has 2 N–H and O–H groups in total. The Hall–Kier alpha value is -1.13. The fourth-order valence-corrected chi connectivity index (χ4v) is 3.29. The van der Waals surface area contributed by atoms with E-state index in [4.69, 9.17) is 10.5 Å².